The van der Waals surface area contributed by atoms with Gasteiger partial charge in [0.1, 0.15) is 17.3 Å². The summed E-state index contributed by atoms with van der Waals surface area (Å²) in [6, 6.07) is 20.3. The molecule has 0 spiro atoms. The Bertz CT molecular complexity index is 984. The lowest BCUT2D eigenvalue weighted by Gasteiger charge is -2.23. The summed E-state index contributed by atoms with van der Waals surface area (Å²) in [7, 11) is 1.67. The van der Waals surface area contributed by atoms with Crippen LogP contribution in [-0.4, -0.2) is 32.3 Å². The van der Waals surface area contributed by atoms with E-state index in [9.17, 15) is 0 Å². The van der Waals surface area contributed by atoms with Crippen LogP contribution in [0.2, 0.25) is 0 Å². The minimum absolute atomic E-state index is 0.161. The normalized spacial score (nSPS) is 16.3. The van der Waals surface area contributed by atoms with Crippen LogP contribution in [-0.2, 0) is 13.0 Å². The van der Waals surface area contributed by atoms with E-state index in [1.165, 1.54) is 5.56 Å². The Morgan fingerprint density at radius 3 is 2.74 bits per heavy atom. The fraction of sp³-hybridized carbons (Fsp3) is 0.320. The van der Waals surface area contributed by atoms with Crippen LogP contribution in [0.1, 0.15) is 29.7 Å². The van der Waals surface area contributed by atoms with E-state index in [1.54, 1.807) is 13.4 Å². The summed E-state index contributed by atoms with van der Waals surface area (Å²) in [5.74, 6) is 3.82. The van der Waals surface area contributed by atoms with Crippen molar-refractivity contribution in [1.82, 2.24) is 10.6 Å². The summed E-state index contributed by atoms with van der Waals surface area (Å²) in [6.45, 7) is 4.15. The number of methoxy groups -OCH3 is 1. The minimum Gasteiger partial charge on any atom is -0.497 e. The first-order chi connectivity index (χ1) is 15.2. The van der Waals surface area contributed by atoms with Gasteiger partial charge in [0.15, 0.2) is 5.96 Å². The molecule has 3 aromatic rings. The van der Waals surface area contributed by atoms with Gasteiger partial charge in [-0.3, -0.25) is 0 Å². The second-order valence-corrected chi connectivity index (χ2v) is 7.66. The molecule has 4 rings (SSSR count). The van der Waals surface area contributed by atoms with Crippen molar-refractivity contribution in [2.75, 3.05) is 20.3 Å². The van der Waals surface area contributed by atoms with E-state index in [1.807, 2.05) is 48.5 Å². The summed E-state index contributed by atoms with van der Waals surface area (Å²) in [6.07, 6.45) is 2.49. The number of ether oxygens (including phenoxy) is 2. The van der Waals surface area contributed by atoms with Crippen molar-refractivity contribution in [3.63, 3.8) is 0 Å². The Morgan fingerprint density at radius 1 is 1.13 bits per heavy atom. The molecule has 31 heavy (non-hydrogen) atoms. The van der Waals surface area contributed by atoms with Gasteiger partial charge in [-0.05, 0) is 42.8 Å². The van der Waals surface area contributed by atoms with Gasteiger partial charge in [-0.25, -0.2) is 4.99 Å². The fourth-order valence-electron chi connectivity index (χ4n) is 3.73. The van der Waals surface area contributed by atoms with Gasteiger partial charge < -0.3 is 24.5 Å². The number of nitrogens with one attached hydrogen (secondary N) is 2. The molecule has 2 N–H and O–H groups in total. The molecule has 0 aliphatic carbocycles. The average molecular weight is 420 g/mol. The SMILES string of the molecule is COc1ccc(CN=C(NCCc2ccco2)NC(C)C2COc3ccccc32)cc1. The van der Waals surface area contributed by atoms with Gasteiger partial charge in [-0.2, -0.15) is 0 Å². The fourth-order valence-corrected chi connectivity index (χ4v) is 3.73. The van der Waals surface area contributed by atoms with Crippen LogP contribution < -0.4 is 20.1 Å². The Morgan fingerprint density at radius 2 is 1.97 bits per heavy atom. The summed E-state index contributed by atoms with van der Waals surface area (Å²) in [4.78, 5) is 4.82. The highest BCUT2D eigenvalue weighted by atomic mass is 16.5. The summed E-state index contributed by atoms with van der Waals surface area (Å²) in [5.41, 5.74) is 2.36. The number of hydrogen-bond donors (Lipinski definition) is 2. The zero-order valence-corrected chi connectivity index (χ0v) is 18.0. The second-order valence-electron chi connectivity index (χ2n) is 7.66. The maximum absolute atomic E-state index is 5.87. The van der Waals surface area contributed by atoms with E-state index in [-0.39, 0.29) is 12.0 Å². The maximum atomic E-state index is 5.87. The lowest BCUT2D eigenvalue weighted by atomic mass is 9.94. The average Bonchev–Trinajstić information content (AvgIpc) is 3.47. The number of furan rings is 1. The molecule has 2 atom stereocenters. The van der Waals surface area contributed by atoms with Crippen LogP contribution in [0.15, 0.2) is 76.3 Å². The molecule has 1 aliphatic heterocycles. The van der Waals surface area contributed by atoms with E-state index in [0.29, 0.717) is 13.2 Å². The van der Waals surface area contributed by atoms with E-state index in [4.69, 9.17) is 18.9 Å². The number of aliphatic imine (C=N–C) groups is 1. The third kappa shape index (κ3) is 5.40. The van der Waals surface area contributed by atoms with Crippen molar-refractivity contribution in [1.29, 1.82) is 0 Å². The van der Waals surface area contributed by atoms with Gasteiger partial charge in [-0.15, -0.1) is 0 Å². The molecule has 162 valence electrons. The van der Waals surface area contributed by atoms with Crippen molar-refractivity contribution >= 4 is 5.96 Å². The molecule has 0 saturated heterocycles. The number of nitrogens with zero attached hydrogens (tertiary/aromatic N) is 1. The molecule has 6 nitrogen and oxygen atoms in total. The Balaban J connectivity index is 1.43. The van der Waals surface area contributed by atoms with E-state index in [0.717, 1.165) is 41.7 Å². The predicted molar refractivity (Wildman–Crippen MR) is 122 cm³/mol. The Labute approximate surface area is 183 Å². The molecule has 1 aromatic heterocycles. The zero-order chi connectivity index (χ0) is 21.5. The highest BCUT2D eigenvalue weighted by Gasteiger charge is 2.29. The van der Waals surface area contributed by atoms with Crippen molar-refractivity contribution in [2.45, 2.75) is 31.8 Å². The van der Waals surface area contributed by atoms with Gasteiger partial charge >= 0.3 is 0 Å². The highest BCUT2D eigenvalue weighted by molar-refractivity contribution is 5.80. The molecule has 0 radical (unpaired) electrons. The first-order valence-electron chi connectivity index (χ1n) is 10.6. The highest BCUT2D eigenvalue weighted by Crippen LogP contribution is 2.35. The minimum atomic E-state index is 0.161. The standard InChI is InChI=1S/C25H29N3O3/c1-18(23-17-31-24-8-4-3-7-22(23)24)28-25(26-14-13-21-6-5-15-30-21)27-16-19-9-11-20(29-2)12-10-19/h3-12,15,18,23H,13-14,16-17H2,1-2H3,(H2,26,27,28). The molecular formula is C25H29N3O3. The first kappa shape index (κ1) is 20.8. The number of rotatable bonds is 8. The number of guanidine groups is 1. The van der Waals surface area contributed by atoms with Crippen molar-refractivity contribution < 1.29 is 13.9 Å². The molecule has 1 aliphatic rings. The molecule has 6 heteroatoms. The van der Waals surface area contributed by atoms with E-state index < -0.39 is 0 Å². The van der Waals surface area contributed by atoms with E-state index in [2.05, 4.69) is 29.7 Å². The molecule has 0 saturated carbocycles. The second kappa shape index (κ2) is 10.1. The smallest absolute Gasteiger partial charge is 0.191 e. The largest absolute Gasteiger partial charge is 0.497 e. The maximum Gasteiger partial charge on any atom is 0.191 e. The third-order valence-corrected chi connectivity index (χ3v) is 5.53. The summed E-state index contributed by atoms with van der Waals surface area (Å²) < 4.78 is 16.5. The number of fused-ring (bicyclic) bond motifs is 1. The Kier molecular flexibility index (Phi) is 6.77. The molecule has 0 fully saturated rings. The van der Waals surface area contributed by atoms with E-state index >= 15 is 0 Å². The van der Waals surface area contributed by atoms with Crippen LogP contribution in [0, 0.1) is 0 Å². The molecular weight excluding hydrogens is 390 g/mol. The van der Waals surface area contributed by atoms with Crippen molar-refractivity contribution in [2.24, 2.45) is 4.99 Å². The van der Waals surface area contributed by atoms with Gasteiger partial charge in [0.05, 0.1) is 26.5 Å². The van der Waals surface area contributed by atoms with Crippen LogP contribution in [0.3, 0.4) is 0 Å². The Hall–Kier alpha value is -3.41. The van der Waals surface area contributed by atoms with Gasteiger partial charge in [-0.1, -0.05) is 30.3 Å². The molecule has 2 unspecified atom stereocenters. The third-order valence-electron chi connectivity index (χ3n) is 5.53. The van der Waals surface area contributed by atoms with Crippen molar-refractivity contribution in [3.05, 3.63) is 83.8 Å². The lowest BCUT2D eigenvalue weighted by Crippen LogP contribution is -2.45. The zero-order valence-electron chi connectivity index (χ0n) is 18.0. The predicted octanol–water partition coefficient (Wildman–Crippen LogP) is 4.13. The monoisotopic (exact) mass is 419 g/mol. The number of hydrogen-bond acceptors (Lipinski definition) is 4. The van der Waals surface area contributed by atoms with Crippen molar-refractivity contribution in [3.8, 4) is 11.5 Å². The quantitative estimate of drug-likeness (QED) is 0.424. The topological polar surface area (TPSA) is 68.0 Å². The summed E-state index contributed by atoms with van der Waals surface area (Å²) >= 11 is 0. The lowest BCUT2D eigenvalue weighted by molar-refractivity contribution is 0.312. The number of para-hydroxylation sites is 1. The molecule has 0 amide bonds. The van der Waals surface area contributed by atoms with Gasteiger partial charge in [0.2, 0.25) is 0 Å². The van der Waals surface area contributed by atoms with Crippen LogP contribution in [0.25, 0.3) is 0 Å². The van der Waals surface area contributed by atoms with Gasteiger partial charge in [0, 0.05) is 30.5 Å². The molecule has 0 bridgehead atoms. The van der Waals surface area contributed by atoms with Crippen LogP contribution >= 0.6 is 0 Å². The van der Waals surface area contributed by atoms with Gasteiger partial charge in [0.25, 0.3) is 0 Å². The molecule has 2 aromatic carbocycles. The number of benzene rings is 2. The van der Waals surface area contributed by atoms with Crippen LogP contribution in [0.5, 0.6) is 11.5 Å². The summed E-state index contributed by atoms with van der Waals surface area (Å²) in [5, 5.41) is 7.02. The molecule has 2 heterocycles. The first-order valence-corrected chi connectivity index (χ1v) is 10.6. The van der Waals surface area contributed by atoms with Crippen LogP contribution in [0.4, 0.5) is 0 Å².